The number of nitrogens with zero attached hydrogens (tertiary/aromatic N) is 1. The van der Waals surface area contributed by atoms with E-state index >= 15 is 0 Å². The number of pyridine rings is 1. The minimum atomic E-state index is 0.336. The van der Waals surface area contributed by atoms with Crippen molar-refractivity contribution in [3.8, 4) is 5.75 Å². The van der Waals surface area contributed by atoms with Crippen LogP contribution in [0.25, 0.3) is 0 Å². The molecule has 6 heteroatoms. The van der Waals surface area contributed by atoms with Crippen molar-refractivity contribution >= 4 is 44.6 Å². The maximum Gasteiger partial charge on any atom is 0.130 e. The minimum absolute atomic E-state index is 0.336. The van der Waals surface area contributed by atoms with Gasteiger partial charge in [0.1, 0.15) is 16.6 Å². The van der Waals surface area contributed by atoms with E-state index in [2.05, 4.69) is 26.2 Å². The first kappa shape index (κ1) is 13.8. The third kappa shape index (κ3) is 3.65. The SMILES string of the molecule is COc1cc(Br)cc(Nc2ccc(C(N)=S)cn2)c1. The second-order valence-corrected chi connectivity index (χ2v) is 5.16. The number of thiocarbonyl (C=S) groups is 1. The molecule has 98 valence electrons. The molecule has 0 aliphatic carbocycles. The van der Waals surface area contributed by atoms with Gasteiger partial charge in [0.05, 0.1) is 7.11 Å². The van der Waals surface area contributed by atoms with Gasteiger partial charge in [-0.2, -0.15) is 0 Å². The lowest BCUT2D eigenvalue weighted by molar-refractivity contribution is 0.415. The molecule has 4 nitrogen and oxygen atoms in total. The lowest BCUT2D eigenvalue weighted by Crippen LogP contribution is -2.09. The summed E-state index contributed by atoms with van der Waals surface area (Å²) in [5.74, 6) is 1.47. The molecule has 0 atom stereocenters. The normalized spacial score (nSPS) is 10.0. The van der Waals surface area contributed by atoms with E-state index in [4.69, 9.17) is 22.7 Å². The Labute approximate surface area is 125 Å². The number of halogens is 1. The molecule has 0 amide bonds. The van der Waals surface area contributed by atoms with Crippen LogP contribution in [0.1, 0.15) is 5.56 Å². The molecule has 0 unspecified atom stereocenters. The van der Waals surface area contributed by atoms with Gasteiger partial charge in [-0.3, -0.25) is 0 Å². The molecule has 1 heterocycles. The highest BCUT2D eigenvalue weighted by Gasteiger charge is 2.02. The summed E-state index contributed by atoms with van der Waals surface area (Å²) in [6.45, 7) is 0. The van der Waals surface area contributed by atoms with Crippen molar-refractivity contribution in [1.82, 2.24) is 4.98 Å². The number of nitrogens with one attached hydrogen (secondary N) is 1. The van der Waals surface area contributed by atoms with Crippen LogP contribution >= 0.6 is 28.1 Å². The molecule has 0 saturated carbocycles. The molecular weight excluding hydrogens is 326 g/mol. The van der Waals surface area contributed by atoms with Crippen molar-refractivity contribution in [3.05, 3.63) is 46.6 Å². The Balaban J connectivity index is 2.21. The molecule has 0 aliphatic rings. The van der Waals surface area contributed by atoms with Crippen LogP contribution in [0.5, 0.6) is 5.75 Å². The average Bonchev–Trinajstić information content (AvgIpc) is 2.38. The van der Waals surface area contributed by atoms with Crippen LogP contribution in [0.3, 0.4) is 0 Å². The number of ether oxygens (including phenoxy) is 1. The molecule has 2 aromatic rings. The monoisotopic (exact) mass is 337 g/mol. The van der Waals surface area contributed by atoms with Crippen molar-refractivity contribution in [1.29, 1.82) is 0 Å². The van der Waals surface area contributed by atoms with Crippen LogP contribution < -0.4 is 15.8 Å². The van der Waals surface area contributed by atoms with E-state index in [1.807, 2.05) is 30.3 Å². The number of rotatable bonds is 4. The number of aromatic nitrogens is 1. The molecule has 19 heavy (non-hydrogen) atoms. The molecule has 0 bridgehead atoms. The number of anilines is 2. The van der Waals surface area contributed by atoms with Crippen molar-refractivity contribution in [2.75, 3.05) is 12.4 Å². The van der Waals surface area contributed by atoms with Gasteiger partial charge in [0.2, 0.25) is 0 Å². The fraction of sp³-hybridized carbons (Fsp3) is 0.0769. The van der Waals surface area contributed by atoms with Crippen molar-refractivity contribution < 1.29 is 4.74 Å². The number of methoxy groups -OCH3 is 1. The molecule has 2 rings (SSSR count). The van der Waals surface area contributed by atoms with Crippen LogP contribution in [0.2, 0.25) is 0 Å². The van der Waals surface area contributed by atoms with E-state index in [0.717, 1.165) is 21.5 Å². The number of hydrogen-bond donors (Lipinski definition) is 2. The van der Waals surface area contributed by atoms with Gasteiger partial charge < -0.3 is 15.8 Å². The molecular formula is C13H12BrN3OS. The van der Waals surface area contributed by atoms with Gasteiger partial charge in [-0.1, -0.05) is 28.1 Å². The van der Waals surface area contributed by atoms with E-state index in [0.29, 0.717) is 10.8 Å². The van der Waals surface area contributed by atoms with Crippen LogP contribution in [0, 0.1) is 0 Å². The van der Waals surface area contributed by atoms with Gasteiger partial charge in [-0.05, 0) is 24.3 Å². The summed E-state index contributed by atoms with van der Waals surface area (Å²) in [6, 6.07) is 9.35. The Bertz CT molecular complexity index is 601. The summed E-state index contributed by atoms with van der Waals surface area (Å²) >= 11 is 8.30. The van der Waals surface area contributed by atoms with Crippen molar-refractivity contribution in [3.63, 3.8) is 0 Å². The second kappa shape index (κ2) is 5.99. The first-order valence-electron chi connectivity index (χ1n) is 5.46. The Morgan fingerprint density at radius 2 is 2.16 bits per heavy atom. The van der Waals surface area contributed by atoms with Crippen molar-refractivity contribution in [2.45, 2.75) is 0 Å². The van der Waals surface area contributed by atoms with Crippen LogP contribution in [0.15, 0.2) is 41.0 Å². The predicted molar refractivity (Wildman–Crippen MR) is 84.1 cm³/mol. The summed E-state index contributed by atoms with van der Waals surface area (Å²) in [7, 11) is 1.63. The van der Waals surface area contributed by atoms with Crippen molar-refractivity contribution in [2.24, 2.45) is 5.73 Å². The maximum absolute atomic E-state index is 5.52. The van der Waals surface area contributed by atoms with Crippen LogP contribution in [0.4, 0.5) is 11.5 Å². The summed E-state index contributed by atoms with van der Waals surface area (Å²) < 4.78 is 6.13. The third-order valence-corrected chi connectivity index (χ3v) is 3.12. The maximum atomic E-state index is 5.52. The highest BCUT2D eigenvalue weighted by Crippen LogP contribution is 2.26. The first-order valence-corrected chi connectivity index (χ1v) is 6.66. The topological polar surface area (TPSA) is 60.2 Å². The largest absolute Gasteiger partial charge is 0.497 e. The Kier molecular flexibility index (Phi) is 4.34. The summed E-state index contributed by atoms with van der Waals surface area (Å²) in [5.41, 5.74) is 7.14. The lowest BCUT2D eigenvalue weighted by atomic mass is 10.2. The highest BCUT2D eigenvalue weighted by molar-refractivity contribution is 9.10. The summed E-state index contributed by atoms with van der Waals surface area (Å²) in [4.78, 5) is 4.58. The summed E-state index contributed by atoms with van der Waals surface area (Å²) in [5, 5.41) is 3.18. The number of nitrogens with two attached hydrogens (primary N) is 1. The van der Waals surface area contributed by atoms with Gasteiger partial charge in [0.15, 0.2) is 0 Å². The van der Waals surface area contributed by atoms with Gasteiger partial charge in [-0.25, -0.2) is 4.98 Å². The lowest BCUT2D eigenvalue weighted by Gasteiger charge is -2.09. The Hall–Kier alpha value is -1.66. The van der Waals surface area contributed by atoms with Gasteiger partial charge in [0, 0.05) is 28.0 Å². The van der Waals surface area contributed by atoms with E-state index in [9.17, 15) is 0 Å². The molecule has 0 saturated heterocycles. The van der Waals surface area contributed by atoms with Gasteiger partial charge in [-0.15, -0.1) is 0 Å². The number of hydrogen-bond acceptors (Lipinski definition) is 4. The van der Waals surface area contributed by atoms with Gasteiger partial charge >= 0.3 is 0 Å². The van der Waals surface area contributed by atoms with E-state index in [1.54, 1.807) is 13.3 Å². The fourth-order valence-corrected chi connectivity index (χ4v) is 2.11. The highest BCUT2D eigenvalue weighted by atomic mass is 79.9. The summed E-state index contributed by atoms with van der Waals surface area (Å²) in [6.07, 6.45) is 1.64. The standard InChI is InChI=1S/C13H12BrN3OS/c1-18-11-5-9(14)4-10(6-11)17-12-3-2-8(7-16-12)13(15)19/h2-7H,1H3,(H2,15,19)(H,16,17). The average molecular weight is 338 g/mol. The molecule has 1 aromatic carbocycles. The molecule has 0 radical (unpaired) electrons. The number of benzene rings is 1. The third-order valence-electron chi connectivity index (χ3n) is 2.43. The molecule has 1 aromatic heterocycles. The minimum Gasteiger partial charge on any atom is -0.497 e. The zero-order chi connectivity index (χ0) is 13.8. The zero-order valence-corrected chi connectivity index (χ0v) is 12.6. The first-order chi connectivity index (χ1) is 9.08. The van der Waals surface area contributed by atoms with E-state index in [-0.39, 0.29) is 0 Å². The Morgan fingerprint density at radius 3 is 2.74 bits per heavy atom. The van der Waals surface area contributed by atoms with Crippen LogP contribution in [-0.2, 0) is 0 Å². The predicted octanol–water partition coefficient (Wildman–Crippen LogP) is 3.23. The fourth-order valence-electron chi connectivity index (χ4n) is 1.51. The molecule has 0 spiro atoms. The molecule has 0 aliphatic heterocycles. The zero-order valence-electron chi connectivity index (χ0n) is 10.2. The molecule has 0 fully saturated rings. The van der Waals surface area contributed by atoms with E-state index in [1.165, 1.54) is 0 Å². The Morgan fingerprint density at radius 1 is 1.37 bits per heavy atom. The van der Waals surface area contributed by atoms with E-state index < -0.39 is 0 Å². The quantitative estimate of drug-likeness (QED) is 0.838. The second-order valence-electron chi connectivity index (χ2n) is 3.80. The molecule has 3 N–H and O–H groups in total. The smallest absolute Gasteiger partial charge is 0.130 e. The van der Waals surface area contributed by atoms with Crippen LogP contribution in [-0.4, -0.2) is 17.1 Å². The van der Waals surface area contributed by atoms with Gasteiger partial charge in [0.25, 0.3) is 0 Å².